The minimum absolute atomic E-state index is 0.00906. The number of anilines is 2. The average Bonchev–Trinajstić information content (AvgIpc) is 4.13. The third kappa shape index (κ3) is 14.2. The normalized spacial score (nSPS) is 12.2. The summed E-state index contributed by atoms with van der Waals surface area (Å²) in [4.78, 5) is 78.5. The molecule has 4 heterocycles. The summed E-state index contributed by atoms with van der Waals surface area (Å²) in [6.45, 7) is 7.93. The van der Waals surface area contributed by atoms with Gasteiger partial charge in [-0.1, -0.05) is 75.0 Å². The van der Waals surface area contributed by atoms with E-state index in [0.717, 1.165) is 81.5 Å². The summed E-state index contributed by atoms with van der Waals surface area (Å²) >= 11 is 0. The molecule has 0 atom stereocenters. The number of unbranched alkanes of at least 4 members (excludes halogenated alkanes) is 11. The van der Waals surface area contributed by atoms with Gasteiger partial charge in [0.2, 0.25) is 0 Å². The Balaban J connectivity index is 0.774. The maximum atomic E-state index is 13.7. The zero-order chi connectivity index (χ0) is 53.6. The second kappa shape index (κ2) is 26.0. The van der Waals surface area contributed by atoms with Gasteiger partial charge in [0.1, 0.15) is 17.1 Å². The fourth-order valence-electron chi connectivity index (χ4n) is 9.06. The molecule has 2 aromatic carbocycles. The first-order chi connectivity index (χ1) is 35.4. The number of carbonyl (C=O) groups excluding carboxylic acids is 6. The Hall–Kier alpha value is -7.46. The maximum absolute atomic E-state index is 13.7. The SMILES string of the molecule is Cc1c(C(=O)C(=O)NCC2=CN(CCCCCCCCCCCCCCn3cc(CNC(=O)C(=O)c4c(C)c(C(=O)Nc5ccc(F)c(F)c5)n(C)c4C)nn3)N[NH2+]2)c(C)n(C)c1C(=O)Nc1ccc(F)c(F)c1. The van der Waals surface area contributed by atoms with Crippen molar-refractivity contribution in [2.75, 3.05) is 23.7 Å². The second-order valence-corrected chi connectivity index (χ2v) is 18.6. The van der Waals surface area contributed by atoms with Crippen LogP contribution >= 0.6 is 0 Å². The summed E-state index contributed by atoms with van der Waals surface area (Å²) in [5.41, 5.74) is 8.10. The number of aromatic nitrogens is 5. The predicted molar refractivity (Wildman–Crippen MR) is 267 cm³/mol. The van der Waals surface area contributed by atoms with Gasteiger partial charge < -0.3 is 30.4 Å². The van der Waals surface area contributed by atoms with Gasteiger partial charge >= 0.3 is 0 Å². The molecule has 74 heavy (non-hydrogen) atoms. The summed E-state index contributed by atoms with van der Waals surface area (Å²) in [5, 5.41) is 20.5. The van der Waals surface area contributed by atoms with E-state index in [1.165, 1.54) is 53.4 Å². The quantitative estimate of drug-likeness (QED) is 0.0109. The van der Waals surface area contributed by atoms with Crippen LogP contribution in [0.25, 0.3) is 0 Å². The van der Waals surface area contributed by atoms with Crippen molar-refractivity contribution in [3.8, 4) is 0 Å². The fourth-order valence-corrected chi connectivity index (χ4v) is 9.06. The van der Waals surface area contributed by atoms with E-state index in [4.69, 9.17) is 0 Å². The minimum atomic E-state index is -1.12. The number of carbonyl (C=O) groups is 6. The summed E-state index contributed by atoms with van der Waals surface area (Å²) in [5.74, 6) is -8.90. The lowest BCUT2D eigenvalue weighted by molar-refractivity contribution is -0.676. The number of halogens is 4. The molecule has 4 amide bonds. The molecule has 0 aliphatic carbocycles. The first kappa shape index (κ1) is 55.8. The Morgan fingerprint density at radius 2 is 1.01 bits per heavy atom. The summed E-state index contributed by atoms with van der Waals surface area (Å²) in [7, 11) is 3.16. The van der Waals surface area contributed by atoms with Crippen molar-refractivity contribution in [2.24, 2.45) is 14.1 Å². The van der Waals surface area contributed by atoms with Crippen LogP contribution in [0.3, 0.4) is 0 Å². The summed E-state index contributed by atoms with van der Waals surface area (Å²) in [6, 6.07) is 5.95. The number of nitrogens with zero attached hydrogens (tertiary/aromatic N) is 6. The number of nitrogens with two attached hydrogens (primary N) is 1. The van der Waals surface area contributed by atoms with Crippen LogP contribution in [0.5, 0.6) is 0 Å². The van der Waals surface area contributed by atoms with Crippen LogP contribution in [0.2, 0.25) is 0 Å². The highest BCUT2D eigenvalue weighted by Gasteiger charge is 2.31. The first-order valence-electron chi connectivity index (χ1n) is 24.8. The molecule has 0 bridgehead atoms. The van der Waals surface area contributed by atoms with Gasteiger partial charge in [0.15, 0.2) is 29.0 Å². The molecule has 6 rings (SSSR count). The number of rotatable bonds is 27. The molecule has 7 N–H and O–H groups in total. The van der Waals surface area contributed by atoms with E-state index in [1.807, 2.05) is 11.2 Å². The Bertz CT molecular complexity index is 2920. The molecule has 5 aromatic rings. The number of ketones is 2. The van der Waals surface area contributed by atoms with Crippen molar-refractivity contribution in [2.45, 2.75) is 118 Å². The molecule has 0 fully saturated rings. The van der Waals surface area contributed by atoms with Gasteiger partial charge in [-0.2, -0.15) is 0 Å². The van der Waals surface area contributed by atoms with E-state index < -0.39 is 58.5 Å². The topological polar surface area (TPSA) is 223 Å². The van der Waals surface area contributed by atoms with Gasteiger partial charge in [0.25, 0.3) is 35.2 Å². The number of Topliss-reactive ketones (excluding diaryl/α,β-unsaturated/α-hetero) is 2. The summed E-state index contributed by atoms with van der Waals surface area (Å²) in [6.07, 6.45) is 17.1. The monoisotopic (exact) mass is 1030 g/mol. The largest absolute Gasteiger partial charge is 0.343 e. The zero-order valence-corrected chi connectivity index (χ0v) is 42.7. The van der Waals surface area contributed by atoms with Crippen LogP contribution in [0.4, 0.5) is 28.9 Å². The molecular formula is C52H65F4N12O6+. The molecule has 396 valence electrons. The van der Waals surface area contributed by atoms with Gasteiger partial charge in [0.05, 0.1) is 36.6 Å². The van der Waals surface area contributed by atoms with Crippen LogP contribution in [0.1, 0.15) is 147 Å². The maximum Gasteiger partial charge on any atom is 0.292 e. The second-order valence-electron chi connectivity index (χ2n) is 18.6. The van der Waals surface area contributed by atoms with E-state index in [-0.39, 0.29) is 52.5 Å². The number of quaternary nitrogens is 1. The van der Waals surface area contributed by atoms with Crippen molar-refractivity contribution < 1.29 is 51.8 Å². The molecule has 1 aliphatic rings. The molecule has 18 nitrogen and oxygen atoms in total. The number of hydrogen-bond donors (Lipinski definition) is 6. The van der Waals surface area contributed by atoms with Crippen molar-refractivity contribution in [1.29, 1.82) is 0 Å². The molecule has 0 unspecified atom stereocenters. The minimum Gasteiger partial charge on any atom is -0.343 e. The lowest BCUT2D eigenvalue weighted by Gasteiger charge is -2.11. The Morgan fingerprint density at radius 1 is 0.581 bits per heavy atom. The lowest BCUT2D eigenvalue weighted by atomic mass is 10.0. The van der Waals surface area contributed by atoms with Crippen LogP contribution in [-0.2, 0) is 36.8 Å². The highest BCUT2D eigenvalue weighted by Crippen LogP contribution is 2.26. The Labute approximate surface area is 426 Å². The van der Waals surface area contributed by atoms with Gasteiger partial charge in [-0.05, 0) is 75.9 Å². The van der Waals surface area contributed by atoms with Crippen molar-refractivity contribution in [1.82, 2.24) is 45.3 Å². The Morgan fingerprint density at radius 3 is 1.47 bits per heavy atom. The molecule has 3 aromatic heterocycles. The zero-order valence-electron chi connectivity index (χ0n) is 42.7. The van der Waals surface area contributed by atoms with Gasteiger partial charge in [-0.3, -0.25) is 38.5 Å². The third-order valence-electron chi connectivity index (χ3n) is 13.3. The van der Waals surface area contributed by atoms with Crippen LogP contribution in [0.15, 0.2) is 54.5 Å². The van der Waals surface area contributed by atoms with Gasteiger partial charge in [0, 0.05) is 62.1 Å². The lowest BCUT2D eigenvalue weighted by Crippen LogP contribution is -2.91. The number of aryl methyl sites for hydroxylation is 1. The first-order valence-corrected chi connectivity index (χ1v) is 24.8. The highest BCUT2D eigenvalue weighted by molar-refractivity contribution is 6.44. The molecule has 0 radical (unpaired) electrons. The number of benzene rings is 2. The van der Waals surface area contributed by atoms with Crippen LogP contribution < -0.4 is 32.2 Å². The van der Waals surface area contributed by atoms with E-state index >= 15 is 0 Å². The standard InChI is InChI=1S/C52H64F4N12O6/c1-31-43(33(3)65(5)45(31)49(71)59-35-19-21-39(53)41(55)25-35)47(69)51(73)57-27-37-29-67(63-61-37)23-17-15-13-11-9-7-8-10-12-14-16-18-24-68-30-38(62-64-68)28-58-52(74)48(70)44-32(2)46(66(6)34(44)4)50(72)60-36-20-22-40(54)42(56)26-36/h19-22,25-26,29-30,61,63H,7-18,23-24,27-28H2,1-6H3,(H,57,73)(H,58,74)(H,59,71)(H,60,72)/p+1. The number of hydrazine groups is 1. The van der Waals surface area contributed by atoms with Crippen molar-refractivity contribution >= 4 is 46.6 Å². The van der Waals surface area contributed by atoms with Crippen LogP contribution in [-0.4, -0.2) is 77.4 Å². The fraction of sp³-hybridized carbons (Fsp3) is 0.423. The predicted octanol–water partition coefficient (Wildman–Crippen LogP) is 6.57. The van der Waals surface area contributed by atoms with E-state index in [2.05, 4.69) is 37.1 Å². The van der Waals surface area contributed by atoms with E-state index in [0.29, 0.717) is 29.2 Å². The molecule has 0 spiro atoms. The molecule has 0 saturated heterocycles. The highest BCUT2D eigenvalue weighted by atomic mass is 19.2. The summed E-state index contributed by atoms with van der Waals surface area (Å²) < 4.78 is 58.8. The van der Waals surface area contributed by atoms with Crippen molar-refractivity contribution in [3.05, 3.63) is 128 Å². The van der Waals surface area contributed by atoms with Gasteiger partial charge in [-0.15, -0.1) is 5.10 Å². The molecule has 1 aliphatic heterocycles. The number of nitrogens with one attached hydrogen (secondary N) is 5. The molecule has 0 saturated carbocycles. The Kier molecular flexibility index (Phi) is 19.6. The van der Waals surface area contributed by atoms with E-state index in [9.17, 15) is 46.3 Å². The third-order valence-corrected chi connectivity index (χ3v) is 13.3. The molecular weight excluding hydrogens is 965 g/mol. The number of hydrogen-bond acceptors (Lipinski definition) is 10. The van der Waals surface area contributed by atoms with Crippen LogP contribution in [0, 0.1) is 51.0 Å². The number of amides is 4. The average molecular weight is 1030 g/mol. The van der Waals surface area contributed by atoms with E-state index in [1.54, 1.807) is 58.1 Å². The smallest absolute Gasteiger partial charge is 0.292 e. The molecule has 22 heteroatoms. The van der Waals surface area contributed by atoms with Crippen molar-refractivity contribution in [3.63, 3.8) is 0 Å². The van der Waals surface area contributed by atoms with Gasteiger partial charge in [-0.25, -0.2) is 23.0 Å².